The van der Waals surface area contributed by atoms with Crippen LogP contribution in [0.1, 0.15) is 6.92 Å². The number of imidazole rings is 1. The monoisotopic (exact) mass is 202 g/mol. The topological polar surface area (TPSA) is 55.9 Å². The molecule has 0 radical (unpaired) electrons. The first-order chi connectivity index (χ1) is 7.25. The predicted molar refractivity (Wildman–Crippen MR) is 60.8 cm³/mol. The van der Waals surface area contributed by atoms with Gasteiger partial charge in [0.05, 0.1) is 17.1 Å². The molecule has 2 unspecified atom stereocenters. The van der Waals surface area contributed by atoms with Gasteiger partial charge in [-0.25, -0.2) is 4.98 Å². The van der Waals surface area contributed by atoms with Crippen LogP contribution in [0.15, 0.2) is 24.3 Å². The second-order valence-corrected chi connectivity index (χ2v) is 4.14. The van der Waals surface area contributed by atoms with E-state index in [0.29, 0.717) is 6.04 Å². The van der Waals surface area contributed by atoms with Crippen LogP contribution in [-0.4, -0.2) is 21.6 Å². The molecule has 0 amide bonds. The van der Waals surface area contributed by atoms with Crippen molar-refractivity contribution in [1.29, 1.82) is 0 Å². The quantitative estimate of drug-likeness (QED) is 0.730. The molecule has 2 heterocycles. The Labute approximate surface area is 88.1 Å². The molecule has 1 aromatic carbocycles. The SMILES string of the molecule is CC(N)C1Cn2c(nc3ccccc32)N1. The molecule has 15 heavy (non-hydrogen) atoms. The first-order valence-corrected chi connectivity index (χ1v) is 5.23. The van der Waals surface area contributed by atoms with Crippen molar-refractivity contribution in [2.75, 3.05) is 5.32 Å². The van der Waals surface area contributed by atoms with E-state index >= 15 is 0 Å². The second kappa shape index (κ2) is 2.97. The zero-order chi connectivity index (χ0) is 10.4. The molecule has 78 valence electrons. The van der Waals surface area contributed by atoms with Crippen LogP contribution in [0.2, 0.25) is 0 Å². The summed E-state index contributed by atoms with van der Waals surface area (Å²) in [5.74, 6) is 0.943. The van der Waals surface area contributed by atoms with Gasteiger partial charge in [-0.15, -0.1) is 0 Å². The Morgan fingerprint density at radius 1 is 1.53 bits per heavy atom. The number of nitrogens with two attached hydrogens (primary N) is 1. The van der Waals surface area contributed by atoms with Crippen LogP contribution in [0, 0.1) is 0 Å². The lowest BCUT2D eigenvalue weighted by Crippen LogP contribution is -2.36. The van der Waals surface area contributed by atoms with E-state index in [0.717, 1.165) is 18.0 Å². The molecule has 1 aliphatic rings. The van der Waals surface area contributed by atoms with Crippen LogP contribution in [0.5, 0.6) is 0 Å². The molecule has 1 aromatic heterocycles. The highest BCUT2D eigenvalue weighted by Crippen LogP contribution is 2.25. The normalized spacial score (nSPS) is 21.3. The lowest BCUT2D eigenvalue weighted by molar-refractivity contribution is 0.565. The highest BCUT2D eigenvalue weighted by Gasteiger charge is 2.25. The minimum atomic E-state index is 0.144. The summed E-state index contributed by atoms with van der Waals surface area (Å²) >= 11 is 0. The van der Waals surface area contributed by atoms with Crippen molar-refractivity contribution in [2.24, 2.45) is 5.73 Å². The number of rotatable bonds is 1. The third kappa shape index (κ3) is 1.22. The Hall–Kier alpha value is -1.55. The van der Waals surface area contributed by atoms with Crippen molar-refractivity contribution < 1.29 is 0 Å². The summed E-state index contributed by atoms with van der Waals surface area (Å²) in [5.41, 5.74) is 8.10. The maximum atomic E-state index is 5.88. The van der Waals surface area contributed by atoms with Crippen molar-refractivity contribution in [3.8, 4) is 0 Å². The van der Waals surface area contributed by atoms with Crippen LogP contribution >= 0.6 is 0 Å². The van der Waals surface area contributed by atoms with Crippen molar-refractivity contribution in [3.63, 3.8) is 0 Å². The van der Waals surface area contributed by atoms with Gasteiger partial charge in [0.2, 0.25) is 5.95 Å². The van der Waals surface area contributed by atoms with Crippen LogP contribution in [-0.2, 0) is 6.54 Å². The van der Waals surface area contributed by atoms with Crippen molar-refractivity contribution in [1.82, 2.24) is 9.55 Å². The number of benzene rings is 1. The number of hydrogen-bond donors (Lipinski definition) is 2. The number of hydrogen-bond acceptors (Lipinski definition) is 3. The van der Waals surface area contributed by atoms with E-state index in [4.69, 9.17) is 5.73 Å². The summed E-state index contributed by atoms with van der Waals surface area (Å²) in [4.78, 5) is 4.52. The first-order valence-electron chi connectivity index (χ1n) is 5.23. The third-order valence-corrected chi connectivity index (χ3v) is 2.98. The van der Waals surface area contributed by atoms with Gasteiger partial charge in [0.15, 0.2) is 0 Å². The van der Waals surface area contributed by atoms with Gasteiger partial charge in [0.25, 0.3) is 0 Å². The average Bonchev–Trinajstić information content (AvgIpc) is 2.73. The molecule has 2 aromatic rings. The van der Waals surface area contributed by atoms with Gasteiger partial charge in [-0.2, -0.15) is 0 Å². The molecular formula is C11H14N4. The fourth-order valence-electron chi connectivity index (χ4n) is 2.08. The van der Waals surface area contributed by atoms with E-state index in [1.807, 2.05) is 25.1 Å². The number of para-hydroxylation sites is 2. The molecule has 3 rings (SSSR count). The molecule has 0 bridgehead atoms. The van der Waals surface area contributed by atoms with Gasteiger partial charge in [0, 0.05) is 12.6 Å². The minimum Gasteiger partial charge on any atom is -0.350 e. The summed E-state index contributed by atoms with van der Waals surface area (Å²) in [6.45, 7) is 2.93. The zero-order valence-corrected chi connectivity index (χ0v) is 8.64. The maximum absolute atomic E-state index is 5.88. The average molecular weight is 202 g/mol. The Morgan fingerprint density at radius 3 is 3.13 bits per heavy atom. The Morgan fingerprint density at radius 2 is 2.33 bits per heavy atom. The number of aromatic nitrogens is 2. The Kier molecular flexibility index (Phi) is 1.73. The fraction of sp³-hybridized carbons (Fsp3) is 0.364. The molecule has 4 heteroatoms. The Balaban J connectivity index is 2.08. The molecule has 1 aliphatic heterocycles. The molecule has 0 fully saturated rings. The highest BCUT2D eigenvalue weighted by atomic mass is 15.3. The summed E-state index contributed by atoms with van der Waals surface area (Å²) in [5, 5.41) is 3.35. The molecule has 3 N–H and O–H groups in total. The molecule has 0 saturated carbocycles. The standard InChI is InChI=1S/C11H14N4/c1-7(12)9-6-15-10-5-3-2-4-8(10)13-11(15)14-9/h2-5,7,9H,6,12H2,1H3,(H,13,14). The maximum Gasteiger partial charge on any atom is 0.204 e. The van der Waals surface area contributed by atoms with E-state index in [1.54, 1.807) is 0 Å². The molecule has 2 atom stereocenters. The number of nitrogens with one attached hydrogen (secondary N) is 1. The van der Waals surface area contributed by atoms with E-state index < -0.39 is 0 Å². The third-order valence-electron chi connectivity index (χ3n) is 2.98. The van der Waals surface area contributed by atoms with Crippen LogP contribution < -0.4 is 11.1 Å². The predicted octanol–water partition coefficient (Wildman–Crippen LogP) is 1.18. The number of nitrogens with zero attached hydrogens (tertiary/aromatic N) is 2. The van der Waals surface area contributed by atoms with Gasteiger partial charge in [0.1, 0.15) is 0 Å². The largest absolute Gasteiger partial charge is 0.350 e. The van der Waals surface area contributed by atoms with Gasteiger partial charge >= 0.3 is 0 Å². The summed E-state index contributed by atoms with van der Waals surface area (Å²) in [6.07, 6.45) is 0. The smallest absolute Gasteiger partial charge is 0.204 e. The van der Waals surface area contributed by atoms with E-state index in [-0.39, 0.29) is 6.04 Å². The number of anilines is 1. The molecule has 4 nitrogen and oxygen atoms in total. The fourth-order valence-corrected chi connectivity index (χ4v) is 2.08. The lowest BCUT2D eigenvalue weighted by atomic mass is 10.1. The van der Waals surface area contributed by atoms with Crippen LogP contribution in [0.3, 0.4) is 0 Å². The molecule has 0 saturated heterocycles. The van der Waals surface area contributed by atoms with Crippen LogP contribution in [0.25, 0.3) is 11.0 Å². The van der Waals surface area contributed by atoms with Gasteiger partial charge in [-0.1, -0.05) is 12.1 Å². The lowest BCUT2D eigenvalue weighted by Gasteiger charge is -2.13. The summed E-state index contributed by atoms with van der Waals surface area (Å²) in [6, 6.07) is 8.62. The highest BCUT2D eigenvalue weighted by molar-refractivity contribution is 5.79. The van der Waals surface area contributed by atoms with Gasteiger partial charge in [-0.3, -0.25) is 0 Å². The molecule has 0 aliphatic carbocycles. The van der Waals surface area contributed by atoms with Crippen molar-refractivity contribution in [3.05, 3.63) is 24.3 Å². The number of fused-ring (bicyclic) bond motifs is 3. The first kappa shape index (κ1) is 8.73. The van der Waals surface area contributed by atoms with Crippen LogP contribution in [0.4, 0.5) is 5.95 Å². The second-order valence-electron chi connectivity index (χ2n) is 4.14. The van der Waals surface area contributed by atoms with E-state index in [9.17, 15) is 0 Å². The van der Waals surface area contributed by atoms with E-state index in [2.05, 4.69) is 20.9 Å². The molecule has 0 spiro atoms. The zero-order valence-electron chi connectivity index (χ0n) is 8.64. The summed E-state index contributed by atoms with van der Waals surface area (Å²) in [7, 11) is 0. The minimum absolute atomic E-state index is 0.144. The Bertz CT molecular complexity index is 500. The van der Waals surface area contributed by atoms with Gasteiger partial charge in [-0.05, 0) is 19.1 Å². The van der Waals surface area contributed by atoms with Crippen molar-refractivity contribution in [2.45, 2.75) is 25.6 Å². The summed E-state index contributed by atoms with van der Waals surface area (Å²) < 4.78 is 2.20. The van der Waals surface area contributed by atoms with Gasteiger partial charge < -0.3 is 15.6 Å². The van der Waals surface area contributed by atoms with E-state index in [1.165, 1.54) is 5.52 Å². The molecular weight excluding hydrogens is 188 g/mol. The van der Waals surface area contributed by atoms with Crippen molar-refractivity contribution >= 4 is 17.0 Å².